The predicted molar refractivity (Wildman–Crippen MR) is 71.3 cm³/mol. The third kappa shape index (κ3) is 3.20. The van der Waals surface area contributed by atoms with Crippen molar-refractivity contribution in [3.05, 3.63) is 0 Å². The molecule has 2 unspecified atom stereocenters. The van der Waals surface area contributed by atoms with Crippen LogP contribution in [0.5, 0.6) is 0 Å². The molecule has 6 nitrogen and oxygen atoms in total. The van der Waals surface area contributed by atoms with E-state index in [-0.39, 0.29) is 18.2 Å². The normalized spacial score (nSPS) is 28.5. The molecule has 0 N–H and O–H groups in total. The monoisotopic (exact) mass is 290 g/mol. The maximum Gasteiger partial charge on any atom is 0.410 e. The van der Waals surface area contributed by atoms with Crippen LogP contribution in [0.25, 0.3) is 0 Å². The molecule has 2 heterocycles. The number of hydrogen-bond acceptors (Lipinski definition) is 4. The Balaban J connectivity index is 2.07. The zero-order valence-corrected chi connectivity index (χ0v) is 12.7. The van der Waals surface area contributed by atoms with Gasteiger partial charge in [0, 0.05) is 25.2 Å². The molecule has 2 rings (SSSR count). The molecule has 110 valence electrons. The second kappa shape index (κ2) is 4.63. The number of fused-ring (bicyclic) bond motifs is 2. The van der Waals surface area contributed by atoms with Gasteiger partial charge in [-0.25, -0.2) is 13.2 Å². The van der Waals surface area contributed by atoms with Crippen LogP contribution >= 0.6 is 0 Å². The number of carbonyl (C=O) groups is 1. The first-order chi connectivity index (χ1) is 8.58. The number of amides is 1. The third-order valence-corrected chi connectivity index (χ3v) is 4.81. The smallest absolute Gasteiger partial charge is 0.410 e. The molecule has 0 aromatic carbocycles. The summed E-state index contributed by atoms with van der Waals surface area (Å²) < 4.78 is 30.4. The fourth-order valence-corrected chi connectivity index (χ4v) is 4.31. The van der Waals surface area contributed by atoms with Gasteiger partial charge in [-0.2, -0.15) is 4.31 Å². The van der Waals surface area contributed by atoms with Crippen LogP contribution in [-0.4, -0.2) is 60.7 Å². The van der Waals surface area contributed by atoms with Gasteiger partial charge in [-0.1, -0.05) is 0 Å². The van der Waals surface area contributed by atoms with Gasteiger partial charge in [0.15, 0.2) is 0 Å². The van der Waals surface area contributed by atoms with Gasteiger partial charge in [-0.15, -0.1) is 0 Å². The van der Waals surface area contributed by atoms with Crippen molar-refractivity contribution in [3.8, 4) is 0 Å². The van der Waals surface area contributed by atoms with Crippen LogP contribution in [0.4, 0.5) is 4.79 Å². The Kier molecular flexibility index (Phi) is 3.55. The van der Waals surface area contributed by atoms with Crippen molar-refractivity contribution in [1.82, 2.24) is 9.21 Å². The summed E-state index contributed by atoms with van der Waals surface area (Å²) >= 11 is 0. The first kappa shape index (κ1) is 14.6. The van der Waals surface area contributed by atoms with Crippen LogP contribution in [-0.2, 0) is 14.8 Å². The van der Waals surface area contributed by atoms with Crippen molar-refractivity contribution in [2.45, 2.75) is 51.3 Å². The van der Waals surface area contributed by atoms with Crippen molar-refractivity contribution >= 4 is 16.1 Å². The van der Waals surface area contributed by atoms with E-state index in [0.29, 0.717) is 13.1 Å². The van der Waals surface area contributed by atoms with Crippen molar-refractivity contribution in [1.29, 1.82) is 0 Å². The van der Waals surface area contributed by atoms with E-state index in [4.69, 9.17) is 4.74 Å². The average molecular weight is 290 g/mol. The van der Waals surface area contributed by atoms with E-state index < -0.39 is 15.6 Å². The SMILES string of the molecule is CC(C)(C)OC(=O)N1CC2CCC(C1)N2S(C)(=O)=O. The minimum Gasteiger partial charge on any atom is -0.444 e. The Hall–Kier alpha value is -0.820. The van der Waals surface area contributed by atoms with Gasteiger partial charge in [0.25, 0.3) is 0 Å². The number of carbonyl (C=O) groups excluding carboxylic acids is 1. The van der Waals surface area contributed by atoms with E-state index in [9.17, 15) is 13.2 Å². The minimum atomic E-state index is -3.19. The summed E-state index contributed by atoms with van der Waals surface area (Å²) in [7, 11) is -3.19. The molecule has 0 saturated carbocycles. The van der Waals surface area contributed by atoms with Gasteiger partial charge in [0.1, 0.15) is 5.60 Å². The van der Waals surface area contributed by atoms with Crippen LogP contribution in [0.1, 0.15) is 33.6 Å². The second-order valence-electron chi connectivity index (χ2n) is 6.36. The molecule has 2 bridgehead atoms. The number of rotatable bonds is 1. The van der Waals surface area contributed by atoms with Gasteiger partial charge in [0.2, 0.25) is 10.0 Å². The summed E-state index contributed by atoms with van der Waals surface area (Å²) in [4.78, 5) is 13.7. The molecule has 1 amide bonds. The summed E-state index contributed by atoms with van der Waals surface area (Å²) in [5.41, 5.74) is -0.524. The van der Waals surface area contributed by atoms with Gasteiger partial charge in [-0.3, -0.25) is 0 Å². The molecule has 0 spiro atoms. The number of ether oxygens (including phenoxy) is 1. The van der Waals surface area contributed by atoms with Crippen LogP contribution in [0.2, 0.25) is 0 Å². The Morgan fingerprint density at radius 1 is 1.16 bits per heavy atom. The predicted octanol–water partition coefficient (Wildman–Crippen LogP) is 1.03. The molecule has 0 aromatic rings. The van der Waals surface area contributed by atoms with E-state index in [1.54, 1.807) is 9.21 Å². The molecule has 0 aliphatic carbocycles. The molecule has 7 heteroatoms. The van der Waals surface area contributed by atoms with E-state index in [0.717, 1.165) is 12.8 Å². The number of piperazine rings is 1. The Morgan fingerprint density at radius 3 is 2.00 bits per heavy atom. The standard InChI is InChI=1S/C12H22N2O4S/c1-12(2,3)18-11(15)13-7-9-5-6-10(8-13)14(9)19(4,16)17/h9-10H,5-8H2,1-4H3. The fourth-order valence-electron chi connectivity index (χ4n) is 2.88. The van der Waals surface area contributed by atoms with Crippen molar-refractivity contribution in [2.24, 2.45) is 0 Å². The Bertz CT molecular complexity index is 455. The molecule has 2 saturated heterocycles. The quantitative estimate of drug-likeness (QED) is 0.723. The van der Waals surface area contributed by atoms with E-state index in [1.807, 2.05) is 20.8 Å². The molecular formula is C12H22N2O4S. The molecule has 2 fully saturated rings. The third-order valence-electron chi connectivity index (χ3n) is 3.45. The largest absolute Gasteiger partial charge is 0.444 e. The summed E-state index contributed by atoms with van der Waals surface area (Å²) in [5.74, 6) is 0. The molecular weight excluding hydrogens is 268 g/mol. The minimum absolute atomic E-state index is 0.0960. The van der Waals surface area contributed by atoms with Gasteiger partial charge in [-0.05, 0) is 33.6 Å². The first-order valence-electron chi connectivity index (χ1n) is 6.54. The highest BCUT2D eigenvalue weighted by Crippen LogP contribution is 2.32. The molecule has 0 aromatic heterocycles. The number of sulfonamides is 1. The zero-order valence-electron chi connectivity index (χ0n) is 11.9. The highest BCUT2D eigenvalue weighted by atomic mass is 32.2. The topological polar surface area (TPSA) is 66.9 Å². The van der Waals surface area contributed by atoms with Crippen LogP contribution in [0, 0.1) is 0 Å². The Labute approximate surface area is 114 Å². The zero-order chi connectivity index (χ0) is 14.4. The van der Waals surface area contributed by atoms with Crippen molar-refractivity contribution < 1.29 is 17.9 Å². The number of likely N-dealkylation sites (tertiary alicyclic amines) is 1. The van der Waals surface area contributed by atoms with E-state index in [1.165, 1.54) is 6.26 Å². The van der Waals surface area contributed by atoms with Crippen molar-refractivity contribution in [3.63, 3.8) is 0 Å². The number of nitrogens with zero attached hydrogens (tertiary/aromatic N) is 2. The summed E-state index contributed by atoms with van der Waals surface area (Å²) in [6.07, 6.45) is 2.52. The van der Waals surface area contributed by atoms with Gasteiger partial charge >= 0.3 is 6.09 Å². The fraction of sp³-hybridized carbons (Fsp3) is 0.917. The van der Waals surface area contributed by atoms with Crippen LogP contribution < -0.4 is 0 Å². The molecule has 2 aliphatic rings. The van der Waals surface area contributed by atoms with Crippen LogP contribution in [0.3, 0.4) is 0 Å². The van der Waals surface area contributed by atoms with E-state index >= 15 is 0 Å². The van der Waals surface area contributed by atoms with E-state index in [2.05, 4.69) is 0 Å². The summed E-state index contributed by atoms with van der Waals surface area (Å²) in [6, 6.07) is -0.192. The molecule has 0 radical (unpaired) electrons. The lowest BCUT2D eigenvalue weighted by atomic mass is 10.2. The first-order valence-corrected chi connectivity index (χ1v) is 8.39. The van der Waals surface area contributed by atoms with Gasteiger partial charge < -0.3 is 9.64 Å². The van der Waals surface area contributed by atoms with Crippen molar-refractivity contribution in [2.75, 3.05) is 19.3 Å². The lowest BCUT2D eigenvalue weighted by Gasteiger charge is -2.39. The highest BCUT2D eigenvalue weighted by Gasteiger charge is 2.46. The summed E-state index contributed by atoms with van der Waals surface area (Å²) in [6.45, 7) is 6.34. The number of hydrogen-bond donors (Lipinski definition) is 0. The molecule has 19 heavy (non-hydrogen) atoms. The van der Waals surface area contributed by atoms with Crippen LogP contribution in [0.15, 0.2) is 0 Å². The average Bonchev–Trinajstić information content (AvgIpc) is 2.47. The molecule has 2 aliphatic heterocycles. The Morgan fingerprint density at radius 2 is 1.63 bits per heavy atom. The maximum atomic E-state index is 12.0. The maximum absolute atomic E-state index is 12.0. The lowest BCUT2D eigenvalue weighted by Crippen LogP contribution is -2.57. The molecule has 2 atom stereocenters. The van der Waals surface area contributed by atoms with Gasteiger partial charge in [0.05, 0.1) is 6.26 Å². The summed E-state index contributed by atoms with van der Waals surface area (Å²) in [5, 5.41) is 0. The second-order valence-corrected chi connectivity index (χ2v) is 8.25. The lowest BCUT2D eigenvalue weighted by molar-refractivity contribution is 0.0121. The highest BCUT2D eigenvalue weighted by molar-refractivity contribution is 7.88.